The lowest BCUT2D eigenvalue weighted by atomic mass is 10.1. The van der Waals surface area contributed by atoms with Gasteiger partial charge in [0.2, 0.25) is 0 Å². The smallest absolute Gasteiger partial charge is 0.306 e. The molecule has 1 saturated carbocycles. The van der Waals surface area contributed by atoms with E-state index in [4.69, 9.17) is 4.74 Å². The normalized spacial score (nSPS) is 16.0. The van der Waals surface area contributed by atoms with Crippen LogP contribution in [0.5, 0.6) is 0 Å². The molecule has 1 aliphatic rings. The summed E-state index contributed by atoms with van der Waals surface area (Å²) >= 11 is 1.87. The maximum Gasteiger partial charge on any atom is 0.306 e. The molecule has 2 rings (SSSR count). The fourth-order valence-corrected chi connectivity index (χ4v) is 3.62. The first-order valence-corrected chi connectivity index (χ1v) is 8.54. The molecule has 1 N–H and O–H groups in total. The van der Waals surface area contributed by atoms with Gasteiger partial charge in [-0.05, 0) is 29.9 Å². The molecule has 0 atom stereocenters. The Labute approximate surface area is 131 Å². The standard InChI is InChI=1S/C17H25NO2S/c1-13(2)18-11-14-6-4-5-7-15(14)21-12-17(8-9-17)10-16(19)20-3/h4-7,13,18H,8-12H2,1-3H3. The van der Waals surface area contributed by atoms with Gasteiger partial charge in [-0.2, -0.15) is 0 Å². The highest BCUT2D eigenvalue weighted by Gasteiger charge is 2.44. The number of thioether (sulfide) groups is 1. The molecule has 0 bridgehead atoms. The zero-order valence-electron chi connectivity index (χ0n) is 13.1. The molecule has 0 aliphatic heterocycles. The molecule has 1 aromatic rings. The summed E-state index contributed by atoms with van der Waals surface area (Å²) in [7, 11) is 1.47. The number of benzene rings is 1. The molecule has 0 aromatic heterocycles. The third-order valence-electron chi connectivity index (χ3n) is 3.91. The Kier molecular flexibility index (Phi) is 5.71. The first-order chi connectivity index (χ1) is 10.0. The van der Waals surface area contributed by atoms with Crippen molar-refractivity contribution in [3.8, 4) is 0 Å². The molecule has 116 valence electrons. The van der Waals surface area contributed by atoms with E-state index in [2.05, 4.69) is 43.4 Å². The molecule has 0 unspecified atom stereocenters. The first kappa shape index (κ1) is 16.4. The largest absolute Gasteiger partial charge is 0.469 e. The van der Waals surface area contributed by atoms with Crippen LogP contribution >= 0.6 is 11.8 Å². The summed E-state index contributed by atoms with van der Waals surface area (Å²) in [5.41, 5.74) is 1.51. The SMILES string of the molecule is COC(=O)CC1(CSc2ccccc2CNC(C)C)CC1. The van der Waals surface area contributed by atoms with Crippen molar-refractivity contribution in [2.75, 3.05) is 12.9 Å². The van der Waals surface area contributed by atoms with Crippen molar-refractivity contribution in [2.45, 2.75) is 50.6 Å². The van der Waals surface area contributed by atoms with Crippen LogP contribution in [0.3, 0.4) is 0 Å². The monoisotopic (exact) mass is 307 g/mol. The van der Waals surface area contributed by atoms with Crippen LogP contribution in [0, 0.1) is 5.41 Å². The van der Waals surface area contributed by atoms with Gasteiger partial charge in [0.15, 0.2) is 0 Å². The fraction of sp³-hybridized carbons (Fsp3) is 0.588. The van der Waals surface area contributed by atoms with Gasteiger partial charge in [-0.3, -0.25) is 4.79 Å². The highest BCUT2D eigenvalue weighted by molar-refractivity contribution is 7.99. The molecule has 0 spiro atoms. The van der Waals surface area contributed by atoms with E-state index in [-0.39, 0.29) is 11.4 Å². The number of carbonyl (C=O) groups excluding carboxylic acids is 1. The molecular weight excluding hydrogens is 282 g/mol. The van der Waals surface area contributed by atoms with Crippen LogP contribution < -0.4 is 5.32 Å². The number of rotatable bonds is 8. The van der Waals surface area contributed by atoms with E-state index in [1.54, 1.807) is 0 Å². The lowest BCUT2D eigenvalue weighted by molar-refractivity contribution is -0.141. The minimum atomic E-state index is -0.0807. The summed E-state index contributed by atoms with van der Waals surface area (Å²) in [5, 5.41) is 3.47. The van der Waals surface area contributed by atoms with Crippen molar-refractivity contribution >= 4 is 17.7 Å². The molecule has 0 saturated heterocycles. The van der Waals surface area contributed by atoms with Gasteiger partial charge in [-0.25, -0.2) is 0 Å². The molecule has 0 heterocycles. The highest BCUT2D eigenvalue weighted by Crippen LogP contribution is 2.52. The summed E-state index contributed by atoms with van der Waals surface area (Å²) < 4.78 is 4.81. The average molecular weight is 307 g/mol. The van der Waals surface area contributed by atoms with Crippen LogP contribution in [0.15, 0.2) is 29.2 Å². The predicted octanol–water partition coefficient (Wildman–Crippen LogP) is 3.62. The first-order valence-electron chi connectivity index (χ1n) is 7.55. The van der Waals surface area contributed by atoms with Crippen LogP contribution in [0.2, 0.25) is 0 Å². The summed E-state index contributed by atoms with van der Waals surface area (Å²) in [6, 6.07) is 9.01. The third-order valence-corrected chi connectivity index (χ3v) is 5.38. The second kappa shape index (κ2) is 7.32. The van der Waals surface area contributed by atoms with Crippen LogP contribution in [0.4, 0.5) is 0 Å². The van der Waals surface area contributed by atoms with E-state index in [1.165, 1.54) is 17.6 Å². The van der Waals surface area contributed by atoms with Crippen molar-refractivity contribution < 1.29 is 9.53 Å². The van der Waals surface area contributed by atoms with Gasteiger partial charge < -0.3 is 10.1 Å². The second-order valence-electron chi connectivity index (χ2n) is 6.18. The Morgan fingerprint density at radius 2 is 2.10 bits per heavy atom. The van der Waals surface area contributed by atoms with E-state index >= 15 is 0 Å². The number of nitrogens with one attached hydrogen (secondary N) is 1. The number of hydrogen-bond acceptors (Lipinski definition) is 4. The number of esters is 1. The number of methoxy groups -OCH3 is 1. The Balaban J connectivity index is 1.92. The molecule has 1 fully saturated rings. The van der Waals surface area contributed by atoms with Crippen LogP contribution in [-0.2, 0) is 16.1 Å². The number of ether oxygens (including phenoxy) is 1. The van der Waals surface area contributed by atoms with E-state index in [1.807, 2.05) is 11.8 Å². The average Bonchev–Trinajstić information content (AvgIpc) is 3.23. The zero-order chi connectivity index (χ0) is 15.3. The summed E-state index contributed by atoms with van der Waals surface area (Å²) in [4.78, 5) is 12.8. The van der Waals surface area contributed by atoms with Crippen molar-refractivity contribution in [3.05, 3.63) is 29.8 Å². The van der Waals surface area contributed by atoms with Crippen LogP contribution in [0.25, 0.3) is 0 Å². The number of carbonyl (C=O) groups is 1. The van der Waals surface area contributed by atoms with Crippen LogP contribution in [0.1, 0.15) is 38.7 Å². The molecular formula is C17H25NO2S. The predicted molar refractivity (Wildman–Crippen MR) is 87.4 cm³/mol. The number of hydrogen-bond donors (Lipinski definition) is 1. The Morgan fingerprint density at radius 1 is 1.38 bits per heavy atom. The molecule has 21 heavy (non-hydrogen) atoms. The van der Waals surface area contributed by atoms with Crippen molar-refractivity contribution in [1.29, 1.82) is 0 Å². The van der Waals surface area contributed by atoms with E-state index in [0.29, 0.717) is 12.5 Å². The van der Waals surface area contributed by atoms with Gasteiger partial charge in [-0.1, -0.05) is 32.0 Å². The molecule has 0 amide bonds. The second-order valence-corrected chi connectivity index (χ2v) is 7.20. The molecule has 0 radical (unpaired) electrons. The topological polar surface area (TPSA) is 38.3 Å². The minimum absolute atomic E-state index is 0.0807. The highest BCUT2D eigenvalue weighted by atomic mass is 32.2. The van der Waals surface area contributed by atoms with E-state index < -0.39 is 0 Å². The van der Waals surface area contributed by atoms with E-state index in [9.17, 15) is 4.79 Å². The van der Waals surface area contributed by atoms with Crippen molar-refractivity contribution in [2.24, 2.45) is 5.41 Å². The molecule has 1 aromatic carbocycles. The van der Waals surface area contributed by atoms with Gasteiger partial charge in [0.25, 0.3) is 0 Å². The summed E-state index contributed by atoms with van der Waals surface area (Å²) in [5.74, 6) is 0.920. The molecule has 4 heteroatoms. The van der Waals surface area contributed by atoms with Gasteiger partial charge in [-0.15, -0.1) is 11.8 Å². The Bertz CT molecular complexity index is 483. The molecule has 3 nitrogen and oxygen atoms in total. The summed E-state index contributed by atoms with van der Waals surface area (Å²) in [6.07, 6.45) is 2.84. The van der Waals surface area contributed by atoms with Crippen molar-refractivity contribution in [1.82, 2.24) is 5.32 Å². The van der Waals surface area contributed by atoms with E-state index in [0.717, 1.165) is 25.1 Å². The van der Waals surface area contributed by atoms with Crippen LogP contribution in [-0.4, -0.2) is 24.9 Å². The quantitative estimate of drug-likeness (QED) is 0.588. The fourth-order valence-electron chi connectivity index (χ4n) is 2.26. The maximum atomic E-state index is 11.5. The lowest BCUT2D eigenvalue weighted by Crippen LogP contribution is -2.22. The summed E-state index contributed by atoms with van der Waals surface area (Å²) in [6.45, 7) is 5.21. The maximum absolute atomic E-state index is 11.5. The third kappa shape index (κ3) is 5.04. The van der Waals surface area contributed by atoms with Gasteiger partial charge in [0.1, 0.15) is 0 Å². The van der Waals surface area contributed by atoms with Gasteiger partial charge in [0, 0.05) is 23.2 Å². The van der Waals surface area contributed by atoms with Crippen molar-refractivity contribution in [3.63, 3.8) is 0 Å². The minimum Gasteiger partial charge on any atom is -0.469 e. The van der Waals surface area contributed by atoms with Gasteiger partial charge >= 0.3 is 5.97 Å². The Hall–Kier alpha value is -1.00. The lowest BCUT2D eigenvalue weighted by Gasteiger charge is -2.16. The van der Waals surface area contributed by atoms with Gasteiger partial charge in [0.05, 0.1) is 13.5 Å². The molecule has 1 aliphatic carbocycles. The Morgan fingerprint density at radius 3 is 2.71 bits per heavy atom. The zero-order valence-corrected chi connectivity index (χ0v) is 14.0.